The Bertz CT molecular complexity index is 293. The van der Waals surface area contributed by atoms with E-state index in [1.807, 2.05) is 21.6 Å². The molecule has 1 N–H and O–H groups in total. The number of nitrogens with one attached hydrogen (secondary N) is 1. The molecule has 0 aromatic carbocycles. The van der Waals surface area contributed by atoms with Crippen molar-refractivity contribution in [1.29, 1.82) is 0 Å². The second-order valence-electron chi connectivity index (χ2n) is 5.73. The molecule has 2 saturated heterocycles. The van der Waals surface area contributed by atoms with Gasteiger partial charge in [-0.1, -0.05) is 28.0 Å². The van der Waals surface area contributed by atoms with Crippen LogP contribution in [0.1, 0.15) is 38.5 Å². The molecule has 2 fully saturated rings. The van der Waals surface area contributed by atoms with Crippen LogP contribution in [0.4, 0.5) is 0 Å². The zero-order chi connectivity index (χ0) is 14.8. The number of carbonyl (C=O) groups excluding carboxylic acids is 1. The van der Waals surface area contributed by atoms with Gasteiger partial charge in [0.15, 0.2) is 0 Å². The molecule has 2 aliphatic rings. The molecule has 122 valence electrons. The van der Waals surface area contributed by atoms with E-state index >= 15 is 0 Å². The fourth-order valence-electron chi connectivity index (χ4n) is 2.67. The van der Waals surface area contributed by atoms with Crippen molar-refractivity contribution in [3.05, 3.63) is 0 Å². The first-order valence-electron chi connectivity index (χ1n) is 8.19. The number of amides is 1. The zero-order valence-corrected chi connectivity index (χ0v) is 14.5. The third-order valence-electron chi connectivity index (χ3n) is 3.98. The van der Waals surface area contributed by atoms with Crippen LogP contribution in [-0.2, 0) is 9.53 Å². The molecule has 2 heterocycles. The minimum atomic E-state index is 0.227. The molecule has 2 aliphatic heterocycles. The van der Waals surface area contributed by atoms with E-state index in [4.69, 9.17) is 4.74 Å². The van der Waals surface area contributed by atoms with Crippen LogP contribution in [0.3, 0.4) is 0 Å². The van der Waals surface area contributed by atoms with Crippen molar-refractivity contribution >= 4 is 27.5 Å². The predicted molar refractivity (Wildman–Crippen MR) is 91.8 cm³/mol. The van der Waals surface area contributed by atoms with Crippen LogP contribution in [0, 0.1) is 0 Å². The van der Waals surface area contributed by atoms with Crippen LogP contribution in [-0.4, -0.2) is 61.2 Å². The maximum absolute atomic E-state index is 11.7. The lowest BCUT2D eigenvalue weighted by Gasteiger charge is -2.26. The third kappa shape index (κ3) is 7.77. The topological polar surface area (TPSA) is 41.6 Å². The fourth-order valence-corrected chi connectivity index (χ4v) is 5.69. The quantitative estimate of drug-likeness (QED) is 0.519. The molecule has 0 radical (unpaired) electrons. The summed E-state index contributed by atoms with van der Waals surface area (Å²) in [4.78, 5) is 14.1. The Hall–Kier alpha value is 0.0900. The summed E-state index contributed by atoms with van der Waals surface area (Å²) < 4.78 is 5.32. The summed E-state index contributed by atoms with van der Waals surface area (Å²) in [5.74, 6) is 1.53. The minimum absolute atomic E-state index is 0.227. The Labute approximate surface area is 136 Å². The average Bonchev–Trinajstić information content (AvgIpc) is 3.02. The van der Waals surface area contributed by atoms with Crippen molar-refractivity contribution in [3.63, 3.8) is 0 Å². The van der Waals surface area contributed by atoms with Gasteiger partial charge in [-0.25, -0.2) is 0 Å². The molecule has 0 saturated carbocycles. The number of morpholine rings is 1. The summed E-state index contributed by atoms with van der Waals surface area (Å²) >= 11 is 0. The van der Waals surface area contributed by atoms with Crippen LogP contribution in [0.2, 0.25) is 0 Å². The van der Waals surface area contributed by atoms with Gasteiger partial charge in [-0.2, -0.15) is 0 Å². The molecule has 0 spiro atoms. The molecule has 0 aromatic heterocycles. The molecule has 0 aliphatic carbocycles. The van der Waals surface area contributed by atoms with Crippen LogP contribution in [0.5, 0.6) is 0 Å². The van der Waals surface area contributed by atoms with E-state index in [1.54, 1.807) is 0 Å². The number of nitrogens with zero attached hydrogens (tertiary/aromatic N) is 1. The summed E-state index contributed by atoms with van der Waals surface area (Å²) in [6.45, 7) is 5.65. The van der Waals surface area contributed by atoms with Crippen LogP contribution in [0.25, 0.3) is 0 Å². The maximum Gasteiger partial charge on any atom is 0.219 e. The number of hydrogen-bond donors (Lipinski definition) is 1. The Morgan fingerprint density at radius 2 is 2.10 bits per heavy atom. The van der Waals surface area contributed by atoms with E-state index in [-0.39, 0.29) is 5.91 Å². The fraction of sp³-hybridized carbons (Fsp3) is 0.933. The SMILES string of the molecule is O=C(CCCC[C@H]1CCSS1)NCCCN1CCOCC1. The summed E-state index contributed by atoms with van der Waals surface area (Å²) in [6.07, 6.45) is 6.60. The van der Waals surface area contributed by atoms with Gasteiger partial charge in [0.1, 0.15) is 0 Å². The highest BCUT2D eigenvalue weighted by molar-refractivity contribution is 8.77. The van der Waals surface area contributed by atoms with Gasteiger partial charge in [0, 0.05) is 37.1 Å². The van der Waals surface area contributed by atoms with Crippen molar-refractivity contribution < 1.29 is 9.53 Å². The lowest BCUT2D eigenvalue weighted by atomic mass is 10.1. The largest absolute Gasteiger partial charge is 0.379 e. The maximum atomic E-state index is 11.7. The molecule has 0 aromatic rings. The van der Waals surface area contributed by atoms with Crippen molar-refractivity contribution in [2.75, 3.05) is 45.1 Å². The van der Waals surface area contributed by atoms with Crippen molar-refractivity contribution in [1.82, 2.24) is 10.2 Å². The molecular weight excluding hydrogens is 304 g/mol. The first kappa shape index (κ1) is 17.4. The highest BCUT2D eigenvalue weighted by atomic mass is 33.1. The minimum Gasteiger partial charge on any atom is -0.379 e. The first-order valence-corrected chi connectivity index (χ1v) is 10.6. The first-order chi connectivity index (χ1) is 10.3. The summed E-state index contributed by atoms with van der Waals surface area (Å²) in [5, 5.41) is 3.88. The van der Waals surface area contributed by atoms with Gasteiger partial charge in [0.2, 0.25) is 5.91 Å². The van der Waals surface area contributed by atoms with Gasteiger partial charge in [-0.15, -0.1) is 0 Å². The van der Waals surface area contributed by atoms with Gasteiger partial charge in [0.25, 0.3) is 0 Å². The molecule has 2 rings (SSSR count). The van der Waals surface area contributed by atoms with Crippen molar-refractivity contribution in [2.45, 2.75) is 43.8 Å². The number of hydrogen-bond acceptors (Lipinski definition) is 5. The van der Waals surface area contributed by atoms with E-state index in [1.165, 1.54) is 25.0 Å². The molecule has 6 heteroatoms. The normalized spacial score (nSPS) is 23.3. The van der Waals surface area contributed by atoms with Gasteiger partial charge in [-0.05, 0) is 32.2 Å². The molecule has 4 nitrogen and oxygen atoms in total. The lowest BCUT2D eigenvalue weighted by Crippen LogP contribution is -2.38. The van der Waals surface area contributed by atoms with Crippen molar-refractivity contribution in [2.24, 2.45) is 0 Å². The van der Waals surface area contributed by atoms with Crippen LogP contribution in [0.15, 0.2) is 0 Å². The number of ether oxygens (including phenoxy) is 1. The smallest absolute Gasteiger partial charge is 0.219 e. The molecule has 21 heavy (non-hydrogen) atoms. The Morgan fingerprint density at radius 3 is 2.86 bits per heavy atom. The number of carbonyl (C=O) groups is 1. The van der Waals surface area contributed by atoms with Gasteiger partial charge < -0.3 is 10.1 Å². The molecule has 0 bridgehead atoms. The summed E-state index contributed by atoms with van der Waals surface area (Å²) in [5.41, 5.74) is 0. The van der Waals surface area contributed by atoms with E-state index in [0.717, 1.165) is 57.5 Å². The second kappa shape index (κ2) is 10.8. The monoisotopic (exact) mass is 332 g/mol. The molecular formula is C15H28N2O2S2. The highest BCUT2D eigenvalue weighted by Crippen LogP contribution is 2.39. The van der Waals surface area contributed by atoms with E-state index in [0.29, 0.717) is 6.42 Å². The third-order valence-corrected chi connectivity index (χ3v) is 6.99. The molecule has 0 unspecified atom stereocenters. The molecule has 1 atom stereocenters. The second-order valence-corrected chi connectivity index (χ2v) is 8.52. The van der Waals surface area contributed by atoms with E-state index < -0.39 is 0 Å². The standard InChI is InChI=1S/C15H28N2O2S2/c18-15(5-2-1-4-14-6-13-20-21-14)16-7-3-8-17-9-11-19-12-10-17/h14H,1-13H2,(H,16,18)/t14-/m0/s1. The highest BCUT2D eigenvalue weighted by Gasteiger charge is 2.15. The van der Waals surface area contributed by atoms with E-state index in [9.17, 15) is 4.79 Å². The summed E-state index contributed by atoms with van der Waals surface area (Å²) in [7, 11) is 4.03. The Kier molecular flexibility index (Phi) is 8.93. The Morgan fingerprint density at radius 1 is 1.24 bits per heavy atom. The molecule has 1 amide bonds. The Balaban J connectivity index is 1.38. The average molecular weight is 333 g/mol. The van der Waals surface area contributed by atoms with Crippen LogP contribution < -0.4 is 5.32 Å². The summed E-state index contributed by atoms with van der Waals surface area (Å²) in [6, 6.07) is 0. The number of unbranched alkanes of at least 4 members (excludes halogenated alkanes) is 1. The lowest BCUT2D eigenvalue weighted by molar-refractivity contribution is -0.121. The predicted octanol–water partition coefficient (Wildman–Crippen LogP) is 2.54. The van der Waals surface area contributed by atoms with E-state index in [2.05, 4.69) is 10.2 Å². The van der Waals surface area contributed by atoms with Gasteiger partial charge in [-0.3, -0.25) is 9.69 Å². The zero-order valence-electron chi connectivity index (χ0n) is 12.8. The van der Waals surface area contributed by atoms with Gasteiger partial charge in [0.05, 0.1) is 13.2 Å². The number of rotatable bonds is 9. The van der Waals surface area contributed by atoms with Crippen molar-refractivity contribution in [3.8, 4) is 0 Å². The van der Waals surface area contributed by atoms with Gasteiger partial charge >= 0.3 is 0 Å². The van der Waals surface area contributed by atoms with Crippen LogP contribution >= 0.6 is 21.6 Å².